The number of amides is 2. The fourth-order valence-electron chi connectivity index (χ4n) is 2.42. The van der Waals surface area contributed by atoms with E-state index in [-0.39, 0.29) is 6.54 Å². The number of hydrogen-bond donors (Lipinski definition) is 2. The van der Waals surface area contributed by atoms with Crippen LogP contribution in [0, 0.1) is 6.92 Å². The van der Waals surface area contributed by atoms with E-state index in [2.05, 4.69) is 15.6 Å². The molecule has 2 N–H and O–H groups in total. The summed E-state index contributed by atoms with van der Waals surface area (Å²) >= 11 is 17.8. The van der Waals surface area contributed by atoms with Crippen molar-refractivity contribution in [3.63, 3.8) is 0 Å². The summed E-state index contributed by atoms with van der Waals surface area (Å²) < 4.78 is 5.58. The predicted molar refractivity (Wildman–Crippen MR) is 119 cm³/mol. The largest absolute Gasteiger partial charge is 0.458 e. The van der Waals surface area contributed by atoms with Crippen molar-refractivity contribution in [1.82, 2.24) is 5.32 Å². The molecule has 0 spiro atoms. The van der Waals surface area contributed by atoms with E-state index >= 15 is 0 Å². The van der Waals surface area contributed by atoms with E-state index in [9.17, 15) is 9.59 Å². The van der Waals surface area contributed by atoms with Gasteiger partial charge in [0.05, 0.1) is 18.4 Å². The Hall–Kier alpha value is -2.80. The molecule has 0 fully saturated rings. The summed E-state index contributed by atoms with van der Waals surface area (Å²) in [4.78, 5) is 28.3. The van der Waals surface area contributed by atoms with Gasteiger partial charge in [-0.25, -0.2) is 0 Å². The third kappa shape index (κ3) is 6.10. The van der Waals surface area contributed by atoms with E-state index in [4.69, 9.17) is 39.2 Å². The number of rotatable bonds is 5. The number of aliphatic imine (C=N–C) groups is 1. The minimum atomic E-state index is -0.849. The Morgan fingerprint density at radius 2 is 1.73 bits per heavy atom. The maximum absolute atomic E-state index is 12.0. The average molecular weight is 465 g/mol. The Labute approximate surface area is 187 Å². The van der Waals surface area contributed by atoms with Crippen LogP contribution >= 0.6 is 34.8 Å². The molecular weight excluding hydrogens is 449 g/mol. The molecule has 0 saturated heterocycles. The first-order chi connectivity index (χ1) is 14.3. The lowest BCUT2D eigenvalue weighted by atomic mass is 10.2. The van der Waals surface area contributed by atoms with E-state index in [1.807, 2.05) is 19.1 Å². The minimum Gasteiger partial charge on any atom is -0.458 e. The van der Waals surface area contributed by atoms with Crippen LogP contribution in [-0.4, -0.2) is 18.0 Å². The molecule has 0 aliphatic carbocycles. The fourth-order valence-corrected chi connectivity index (χ4v) is 3.12. The Morgan fingerprint density at radius 3 is 2.43 bits per heavy atom. The van der Waals surface area contributed by atoms with Crippen molar-refractivity contribution in [2.45, 2.75) is 13.5 Å². The highest BCUT2D eigenvalue weighted by atomic mass is 35.5. The molecule has 2 aromatic carbocycles. The van der Waals surface area contributed by atoms with Crippen molar-refractivity contribution in [3.8, 4) is 0 Å². The van der Waals surface area contributed by atoms with Crippen molar-refractivity contribution in [3.05, 3.63) is 80.7 Å². The molecule has 0 saturated carbocycles. The number of halogens is 3. The Kier molecular flexibility index (Phi) is 7.15. The summed E-state index contributed by atoms with van der Waals surface area (Å²) in [6.45, 7) is 1.94. The molecule has 3 aromatic rings. The van der Waals surface area contributed by atoms with Gasteiger partial charge in [0.15, 0.2) is 0 Å². The summed E-state index contributed by atoms with van der Waals surface area (Å²) in [5.74, 6) is -0.718. The summed E-state index contributed by atoms with van der Waals surface area (Å²) in [6, 6.07) is 13.3. The number of aryl methyl sites for hydroxylation is 1. The van der Waals surface area contributed by atoms with Crippen LogP contribution in [0.15, 0.2) is 57.9 Å². The fraction of sp³-hybridized carbons (Fsp3) is 0.0952. The lowest BCUT2D eigenvalue weighted by Gasteiger charge is -2.06. The van der Waals surface area contributed by atoms with E-state index in [0.29, 0.717) is 38.0 Å². The molecule has 1 heterocycles. The van der Waals surface area contributed by atoms with Gasteiger partial charge in [-0.3, -0.25) is 14.6 Å². The van der Waals surface area contributed by atoms with Gasteiger partial charge in [0.25, 0.3) is 0 Å². The maximum Gasteiger partial charge on any atom is 0.313 e. The van der Waals surface area contributed by atoms with Gasteiger partial charge in [0.2, 0.25) is 0 Å². The van der Waals surface area contributed by atoms with E-state index in [1.165, 1.54) is 18.2 Å². The molecule has 0 radical (unpaired) electrons. The molecule has 2 amide bonds. The predicted octanol–water partition coefficient (Wildman–Crippen LogP) is 5.55. The number of furan rings is 1. The van der Waals surface area contributed by atoms with Gasteiger partial charge < -0.3 is 15.1 Å². The monoisotopic (exact) mass is 463 g/mol. The smallest absolute Gasteiger partial charge is 0.313 e. The van der Waals surface area contributed by atoms with Crippen molar-refractivity contribution in [1.29, 1.82) is 0 Å². The maximum atomic E-state index is 12.0. The zero-order valence-corrected chi connectivity index (χ0v) is 18.0. The molecule has 0 atom stereocenters. The van der Waals surface area contributed by atoms with Gasteiger partial charge in [-0.1, -0.05) is 40.9 Å². The van der Waals surface area contributed by atoms with Crippen LogP contribution < -0.4 is 10.6 Å². The molecule has 3 rings (SSSR count). The highest BCUT2D eigenvalue weighted by Gasteiger charge is 2.14. The quantitative estimate of drug-likeness (QED) is 0.383. The number of benzene rings is 2. The van der Waals surface area contributed by atoms with Crippen LogP contribution in [-0.2, 0) is 16.1 Å². The summed E-state index contributed by atoms with van der Waals surface area (Å²) in [5, 5.41) is 6.22. The Morgan fingerprint density at radius 1 is 1.00 bits per heavy atom. The number of nitrogens with one attached hydrogen (secondary N) is 2. The SMILES string of the molecule is Cc1ccc(N=Cc2ccc(CNC(=O)C(=O)Nc3cc(Cl)cc(Cl)c3)o2)cc1Cl. The lowest BCUT2D eigenvalue weighted by Crippen LogP contribution is -2.34. The second-order valence-electron chi connectivity index (χ2n) is 6.29. The van der Waals surface area contributed by atoms with Crippen molar-refractivity contribution >= 4 is 64.2 Å². The molecule has 0 aliphatic heterocycles. The third-order valence-corrected chi connectivity index (χ3v) is 4.77. The highest BCUT2D eigenvalue weighted by molar-refractivity contribution is 6.40. The first kappa shape index (κ1) is 21.9. The second kappa shape index (κ2) is 9.80. The number of carbonyl (C=O) groups is 2. The number of hydrogen-bond acceptors (Lipinski definition) is 4. The first-order valence-corrected chi connectivity index (χ1v) is 9.88. The summed E-state index contributed by atoms with van der Waals surface area (Å²) in [6.07, 6.45) is 1.54. The number of carbonyl (C=O) groups excluding carboxylic acids is 2. The van der Waals surface area contributed by atoms with Gasteiger partial charge in [0, 0.05) is 20.8 Å². The summed E-state index contributed by atoms with van der Waals surface area (Å²) in [7, 11) is 0. The minimum absolute atomic E-state index is 0.0345. The van der Waals surface area contributed by atoms with Gasteiger partial charge in [-0.15, -0.1) is 0 Å². The van der Waals surface area contributed by atoms with Crippen LogP contribution in [0.2, 0.25) is 15.1 Å². The zero-order chi connectivity index (χ0) is 21.7. The topological polar surface area (TPSA) is 83.7 Å². The first-order valence-electron chi connectivity index (χ1n) is 8.74. The highest BCUT2D eigenvalue weighted by Crippen LogP contribution is 2.23. The molecule has 0 bridgehead atoms. The molecule has 1 aromatic heterocycles. The molecule has 0 unspecified atom stereocenters. The molecule has 0 aliphatic rings. The van der Waals surface area contributed by atoms with Crippen molar-refractivity contribution < 1.29 is 14.0 Å². The van der Waals surface area contributed by atoms with Crippen LogP contribution in [0.4, 0.5) is 11.4 Å². The van der Waals surface area contributed by atoms with Gasteiger partial charge in [-0.2, -0.15) is 0 Å². The van der Waals surface area contributed by atoms with Gasteiger partial charge >= 0.3 is 11.8 Å². The van der Waals surface area contributed by atoms with Crippen LogP contribution in [0.5, 0.6) is 0 Å². The van der Waals surface area contributed by atoms with E-state index in [1.54, 1.807) is 24.4 Å². The number of nitrogens with zero attached hydrogens (tertiary/aromatic N) is 1. The van der Waals surface area contributed by atoms with Gasteiger partial charge in [-0.05, 0) is 55.0 Å². The van der Waals surface area contributed by atoms with Crippen LogP contribution in [0.25, 0.3) is 0 Å². The van der Waals surface area contributed by atoms with Crippen molar-refractivity contribution in [2.75, 3.05) is 5.32 Å². The molecular formula is C21H16Cl3N3O3. The van der Waals surface area contributed by atoms with Crippen molar-refractivity contribution in [2.24, 2.45) is 4.99 Å². The summed E-state index contributed by atoms with van der Waals surface area (Å²) in [5.41, 5.74) is 1.98. The number of anilines is 1. The zero-order valence-electron chi connectivity index (χ0n) is 15.7. The van der Waals surface area contributed by atoms with Gasteiger partial charge in [0.1, 0.15) is 11.5 Å². The standard InChI is InChI=1S/C21H16Cl3N3O3/c1-12-2-3-15(9-19(12)24)25-10-17-4-5-18(30-17)11-26-20(28)21(29)27-16-7-13(22)6-14(23)8-16/h2-10H,11H2,1H3,(H,26,28)(H,27,29). The average Bonchev–Trinajstić information content (AvgIpc) is 3.14. The van der Waals surface area contributed by atoms with Crippen LogP contribution in [0.1, 0.15) is 17.1 Å². The molecule has 9 heteroatoms. The van der Waals surface area contributed by atoms with Crippen LogP contribution in [0.3, 0.4) is 0 Å². The third-order valence-electron chi connectivity index (χ3n) is 3.93. The molecule has 6 nitrogen and oxygen atoms in total. The van der Waals surface area contributed by atoms with E-state index in [0.717, 1.165) is 5.56 Å². The lowest BCUT2D eigenvalue weighted by molar-refractivity contribution is -0.136. The molecule has 30 heavy (non-hydrogen) atoms. The Balaban J connectivity index is 1.54. The normalized spacial score (nSPS) is 10.9. The Bertz CT molecular complexity index is 1110. The molecule has 154 valence electrons. The second-order valence-corrected chi connectivity index (χ2v) is 7.57. The van der Waals surface area contributed by atoms with E-state index < -0.39 is 11.8 Å².